The van der Waals surface area contributed by atoms with Crippen molar-refractivity contribution in [2.24, 2.45) is 0 Å². The Morgan fingerprint density at radius 2 is 2.00 bits per heavy atom. The van der Waals surface area contributed by atoms with Crippen LogP contribution >= 0.6 is 0 Å². The Balaban J connectivity index is 2.86. The summed E-state index contributed by atoms with van der Waals surface area (Å²) < 4.78 is 0. The highest BCUT2D eigenvalue weighted by atomic mass is 16.2. The van der Waals surface area contributed by atoms with E-state index in [-0.39, 0.29) is 6.61 Å². The summed E-state index contributed by atoms with van der Waals surface area (Å²) in [5.74, 6) is 5.68. The molecule has 0 spiro atoms. The minimum absolute atomic E-state index is 0.0889. The molecule has 0 aliphatic carbocycles. The molecule has 1 aromatic rings. The van der Waals surface area contributed by atoms with Gasteiger partial charge in [-0.2, -0.15) is 0 Å². The number of aliphatic hydroxyl groups excluding tert-OH is 1. The Hall–Kier alpha value is -1.30. The van der Waals surface area contributed by atoms with E-state index in [9.17, 15) is 0 Å². The van der Waals surface area contributed by atoms with Crippen molar-refractivity contribution in [3.8, 4) is 11.8 Å². The summed E-state index contributed by atoms with van der Waals surface area (Å²) in [5.41, 5.74) is 2.21. The zero-order valence-corrected chi connectivity index (χ0v) is 10.2. The predicted molar refractivity (Wildman–Crippen MR) is 67.0 cm³/mol. The molecule has 0 amide bonds. The second kappa shape index (κ2) is 6.32. The van der Waals surface area contributed by atoms with Gasteiger partial charge >= 0.3 is 0 Å². The summed E-state index contributed by atoms with van der Waals surface area (Å²) in [6, 6.07) is 8.58. The molecule has 0 aliphatic rings. The molecule has 0 radical (unpaired) electrons. The van der Waals surface area contributed by atoms with Crippen LogP contribution in [-0.2, 0) is 6.54 Å². The summed E-state index contributed by atoms with van der Waals surface area (Å²) in [6.45, 7) is 5.13. The van der Waals surface area contributed by atoms with Crippen molar-refractivity contribution in [1.82, 2.24) is 4.90 Å². The second-order valence-corrected chi connectivity index (χ2v) is 4.13. The van der Waals surface area contributed by atoms with Crippen LogP contribution in [0.5, 0.6) is 0 Å². The highest BCUT2D eigenvalue weighted by Crippen LogP contribution is 2.11. The molecular formula is C14H19NO. The van der Waals surface area contributed by atoms with Gasteiger partial charge in [0.1, 0.15) is 6.61 Å². The monoisotopic (exact) mass is 217 g/mol. The van der Waals surface area contributed by atoms with Crippen LogP contribution in [0, 0.1) is 11.8 Å². The highest BCUT2D eigenvalue weighted by Gasteiger charge is 2.06. The molecule has 2 nitrogen and oxygen atoms in total. The standard InChI is InChI=1S/C14H19NO/c1-12(2)15(3)11-14-8-5-4-7-13(14)9-6-10-16/h4-5,7-8,12,16H,10-11H2,1-3H3. The molecule has 0 saturated carbocycles. The fraction of sp³-hybridized carbons (Fsp3) is 0.429. The number of rotatable bonds is 3. The second-order valence-electron chi connectivity index (χ2n) is 4.13. The largest absolute Gasteiger partial charge is 0.384 e. The summed E-state index contributed by atoms with van der Waals surface area (Å²) >= 11 is 0. The molecule has 0 aromatic heterocycles. The van der Waals surface area contributed by atoms with Gasteiger partial charge in [0.05, 0.1) is 0 Å². The maximum atomic E-state index is 8.70. The third-order valence-electron chi connectivity index (χ3n) is 2.62. The third kappa shape index (κ3) is 3.69. The zero-order valence-electron chi connectivity index (χ0n) is 10.2. The van der Waals surface area contributed by atoms with Crippen molar-refractivity contribution in [2.45, 2.75) is 26.4 Å². The lowest BCUT2D eigenvalue weighted by Gasteiger charge is -2.21. The Kier molecular flexibility index (Phi) is 5.04. The average molecular weight is 217 g/mol. The maximum absolute atomic E-state index is 8.70. The first-order valence-electron chi connectivity index (χ1n) is 5.53. The van der Waals surface area contributed by atoms with Gasteiger partial charge in [-0.05, 0) is 32.5 Å². The summed E-state index contributed by atoms with van der Waals surface area (Å²) in [5, 5.41) is 8.70. The molecule has 0 saturated heterocycles. The molecule has 1 aromatic carbocycles. The van der Waals surface area contributed by atoms with Gasteiger partial charge in [-0.25, -0.2) is 0 Å². The molecule has 86 valence electrons. The summed E-state index contributed by atoms with van der Waals surface area (Å²) in [6.07, 6.45) is 0. The van der Waals surface area contributed by atoms with E-state index in [1.807, 2.05) is 18.2 Å². The molecule has 1 rings (SSSR count). The van der Waals surface area contributed by atoms with Crippen molar-refractivity contribution in [2.75, 3.05) is 13.7 Å². The fourth-order valence-corrected chi connectivity index (χ4v) is 1.37. The van der Waals surface area contributed by atoms with Crippen LogP contribution in [-0.4, -0.2) is 29.7 Å². The van der Waals surface area contributed by atoms with Gasteiger partial charge in [0.2, 0.25) is 0 Å². The van der Waals surface area contributed by atoms with Gasteiger partial charge in [0, 0.05) is 18.2 Å². The first-order valence-corrected chi connectivity index (χ1v) is 5.53. The third-order valence-corrected chi connectivity index (χ3v) is 2.62. The topological polar surface area (TPSA) is 23.5 Å². The van der Waals surface area contributed by atoms with Crippen LogP contribution < -0.4 is 0 Å². The Bertz CT molecular complexity index is 387. The fourth-order valence-electron chi connectivity index (χ4n) is 1.37. The van der Waals surface area contributed by atoms with E-state index in [0.29, 0.717) is 6.04 Å². The lowest BCUT2D eigenvalue weighted by atomic mass is 10.1. The quantitative estimate of drug-likeness (QED) is 0.781. The van der Waals surface area contributed by atoms with Gasteiger partial charge in [-0.15, -0.1) is 0 Å². The first kappa shape index (κ1) is 12.8. The number of hydrogen-bond donors (Lipinski definition) is 1. The molecule has 16 heavy (non-hydrogen) atoms. The van der Waals surface area contributed by atoms with E-state index in [0.717, 1.165) is 12.1 Å². The molecule has 0 atom stereocenters. The number of aliphatic hydroxyl groups is 1. The van der Waals surface area contributed by atoms with E-state index >= 15 is 0 Å². The SMILES string of the molecule is CC(C)N(C)Cc1ccccc1C#CCO. The van der Waals surface area contributed by atoms with Gasteiger partial charge in [-0.3, -0.25) is 4.90 Å². The molecule has 0 bridgehead atoms. The number of hydrogen-bond acceptors (Lipinski definition) is 2. The van der Waals surface area contributed by atoms with Crippen LogP contribution in [0.3, 0.4) is 0 Å². The lowest BCUT2D eigenvalue weighted by molar-refractivity contribution is 0.265. The molecule has 1 N–H and O–H groups in total. The van der Waals surface area contributed by atoms with E-state index in [1.54, 1.807) is 0 Å². The van der Waals surface area contributed by atoms with Crippen LogP contribution in [0.4, 0.5) is 0 Å². The molecule has 0 heterocycles. The van der Waals surface area contributed by atoms with Gasteiger partial charge in [0.15, 0.2) is 0 Å². The zero-order chi connectivity index (χ0) is 12.0. The van der Waals surface area contributed by atoms with E-state index in [1.165, 1.54) is 5.56 Å². The van der Waals surface area contributed by atoms with E-state index in [2.05, 4.69) is 43.7 Å². The normalized spacial score (nSPS) is 10.4. The molecule has 0 fully saturated rings. The highest BCUT2D eigenvalue weighted by molar-refractivity contribution is 5.41. The van der Waals surface area contributed by atoms with Gasteiger partial charge < -0.3 is 5.11 Å². The van der Waals surface area contributed by atoms with Crippen LogP contribution in [0.25, 0.3) is 0 Å². The molecule has 2 heteroatoms. The van der Waals surface area contributed by atoms with Crippen LogP contribution in [0.1, 0.15) is 25.0 Å². The van der Waals surface area contributed by atoms with Gasteiger partial charge in [0.25, 0.3) is 0 Å². The predicted octanol–water partition coefficient (Wildman–Crippen LogP) is 1.87. The Morgan fingerprint density at radius 3 is 2.62 bits per heavy atom. The number of nitrogens with zero attached hydrogens (tertiary/aromatic N) is 1. The molecular weight excluding hydrogens is 198 g/mol. The smallest absolute Gasteiger partial charge is 0.104 e. The van der Waals surface area contributed by atoms with Crippen LogP contribution in [0.15, 0.2) is 24.3 Å². The van der Waals surface area contributed by atoms with E-state index < -0.39 is 0 Å². The Labute approximate surface area is 97.9 Å². The maximum Gasteiger partial charge on any atom is 0.104 e. The summed E-state index contributed by atoms with van der Waals surface area (Å²) in [4.78, 5) is 2.26. The minimum atomic E-state index is -0.0889. The van der Waals surface area contributed by atoms with Crippen LogP contribution in [0.2, 0.25) is 0 Å². The van der Waals surface area contributed by atoms with Gasteiger partial charge in [-0.1, -0.05) is 30.0 Å². The average Bonchev–Trinajstić information content (AvgIpc) is 2.27. The lowest BCUT2D eigenvalue weighted by Crippen LogP contribution is -2.25. The molecule has 0 unspecified atom stereocenters. The number of benzene rings is 1. The van der Waals surface area contributed by atoms with Crippen molar-refractivity contribution >= 4 is 0 Å². The van der Waals surface area contributed by atoms with Crippen molar-refractivity contribution in [1.29, 1.82) is 0 Å². The Morgan fingerprint density at radius 1 is 1.31 bits per heavy atom. The van der Waals surface area contributed by atoms with Crippen molar-refractivity contribution in [3.05, 3.63) is 35.4 Å². The van der Waals surface area contributed by atoms with E-state index in [4.69, 9.17) is 5.11 Å². The van der Waals surface area contributed by atoms with Crippen molar-refractivity contribution in [3.63, 3.8) is 0 Å². The van der Waals surface area contributed by atoms with Crippen molar-refractivity contribution < 1.29 is 5.11 Å². The molecule has 0 aliphatic heterocycles. The first-order chi connectivity index (χ1) is 7.65. The minimum Gasteiger partial charge on any atom is -0.384 e. The summed E-state index contributed by atoms with van der Waals surface area (Å²) in [7, 11) is 2.10.